The van der Waals surface area contributed by atoms with E-state index in [1.54, 1.807) is 13.2 Å². The molecule has 0 unspecified atom stereocenters. The Labute approximate surface area is 119 Å². The summed E-state index contributed by atoms with van der Waals surface area (Å²) in [4.78, 5) is 4.33. The zero-order valence-electron chi connectivity index (χ0n) is 11.5. The topological polar surface area (TPSA) is 47.6 Å². The van der Waals surface area contributed by atoms with Crippen molar-refractivity contribution < 1.29 is 4.74 Å². The van der Waals surface area contributed by atoms with Crippen LogP contribution in [0.5, 0.6) is 5.75 Å². The van der Waals surface area contributed by atoms with E-state index in [4.69, 9.17) is 10.5 Å². The SMILES string of the molecule is COc1cccc(C=CC(N)=NCc2ccccc2)c1. The van der Waals surface area contributed by atoms with Crippen molar-refractivity contribution in [2.75, 3.05) is 7.11 Å². The molecule has 2 N–H and O–H groups in total. The molecule has 0 amide bonds. The average molecular weight is 266 g/mol. The van der Waals surface area contributed by atoms with Crippen molar-refractivity contribution in [2.24, 2.45) is 10.7 Å². The lowest BCUT2D eigenvalue weighted by Crippen LogP contribution is -2.07. The second-order valence-corrected chi connectivity index (χ2v) is 4.34. The van der Waals surface area contributed by atoms with Gasteiger partial charge < -0.3 is 10.5 Å². The van der Waals surface area contributed by atoms with Gasteiger partial charge in [-0.2, -0.15) is 0 Å². The number of benzene rings is 2. The Kier molecular flexibility index (Phi) is 4.95. The molecule has 3 heteroatoms. The summed E-state index contributed by atoms with van der Waals surface area (Å²) >= 11 is 0. The first kappa shape index (κ1) is 13.9. The third-order valence-electron chi connectivity index (χ3n) is 2.83. The number of methoxy groups -OCH3 is 1. The largest absolute Gasteiger partial charge is 0.497 e. The second-order valence-electron chi connectivity index (χ2n) is 4.34. The van der Waals surface area contributed by atoms with E-state index < -0.39 is 0 Å². The fourth-order valence-electron chi connectivity index (χ4n) is 1.75. The molecule has 2 aromatic rings. The van der Waals surface area contributed by atoms with Crippen molar-refractivity contribution in [1.29, 1.82) is 0 Å². The van der Waals surface area contributed by atoms with E-state index in [-0.39, 0.29) is 0 Å². The molecule has 0 bridgehead atoms. The maximum Gasteiger partial charge on any atom is 0.119 e. The number of aliphatic imine (C=N–C) groups is 1. The standard InChI is InChI=1S/C17H18N2O/c1-20-16-9-5-8-14(12-16)10-11-17(18)19-13-15-6-3-2-4-7-15/h2-12H,13H2,1H3,(H2,18,19). The van der Waals surface area contributed by atoms with E-state index in [1.807, 2.05) is 60.7 Å². The number of rotatable bonds is 5. The predicted molar refractivity (Wildman–Crippen MR) is 83.8 cm³/mol. The van der Waals surface area contributed by atoms with Crippen LogP contribution < -0.4 is 10.5 Å². The zero-order chi connectivity index (χ0) is 14.2. The summed E-state index contributed by atoms with van der Waals surface area (Å²) in [6.45, 7) is 0.592. The average Bonchev–Trinajstić information content (AvgIpc) is 2.52. The van der Waals surface area contributed by atoms with Gasteiger partial charge in [-0.15, -0.1) is 0 Å². The van der Waals surface area contributed by atoms with Gasteiger partial charge in [-0.25, -0.2) is 0 Å². The van der Waals surface area contributed by atoms with E-state index in [1.165, 1.54) is 0 Å². The van der Waals surface area contributed by atoms with Crippen LogP contribution in [-0.2, 0) is 6.54 Å². The Morgan fingerprint density at radius 3 is 2.70 bits per heavy atom. The Morgan fingerprint density at radius 2 is 1.95 bits per heavy atom. The van der Waals surface area contributed by atoms with E-state index >= 15 is 0 Å². The lowest BCUT2D eigenvalue weighted by atomic mass is 10.2. The van der Waals surface area contributed by atoms with Crippen LogP contribution in [0.2, 0.25) is 0 Å². The van der Waals surface area contributed by atoms with Gasteiger partial charge in [0.1, 0.15) is 11.6 Å². The van der Waals surface area contributed by atoms with Gasteiger partial charge in [-0.3, -0.25) is 4.99 Å². The number of nitrogens with zero attached hydrogens (tertiary/aromatic N) is 1. The summed E-state index contributed by atoms with van der Waals surface area (Å²) in [7, 11) is 1.65. The Morgan fingerprint density at radius 1 is 1.15 bits per heavy atom. The van der Waals surface area contributed by atoms with Crippen LogP contribution in [-0.4, -0.2) is 12.9 Å². The molecule has 0 fully saturated rings. The van der Waals surface area contributed by atoms with Crippen LogP contribution in [0.15, 0.2) is 65.7 Å². The lowest BCUT2D eigenvalue weighted by Gasteiger charge is -2.00. The second kappa shape index (κ2) is 7.14. The Balaban J connectivity index is 1.99. The first-order valence-electron chi connectivity index (χ1n) is 6.44. The first-order valence-corrected chi connectivity index (χ1v) is 6.44. The highest BCUT2D eigenvalue weighted by molar-refractivity contribution is 5.95. The molecule has 0 aromatic heterocycles. The van der Waals surface area contributed by atoms with Crippen molar-refractivity contribution in [3.8, 4) is 5.75 Å². The quantitative estimate of drug-likeness (QED) is 0.667. The fraction of sp³-hybridized carbons (Fsp3) is 0.118. The Hall–Kier alpha value is -2.55. The summed E-state index contributed by atoms with van der Waals surface area (Å²) in [6.07, 6.45) is 3.73. The monoisotopic (exact) mass is 266 g/mol. The minimum Gasteiger partial charge on any atom is -0.497 e. The number of hydrogen-bond acceptors (Lipinski definition) is 2. The maximum absolute atomic E-state index is 5.87. The van der Waals surface area contributed by atoms with Crippen LogP contribution in [0.1, 0.15) is 11.1 Å². The molecule has 0 aliphatic carbocycles. The highest BCUT2D eigenvalue weighted by atomic mass is 16.5. The van der Waals surface area contributed by atoms with Crippen molar-refractivity contribution in [3.05, 3.63) is 71.8 Å². The van der Waals surface area contributed by atoms with Crippen LogP contribution in [0, 0.1) is 0 Å². The predicted octanol–water partition coefficient (Wildman–Crippen LogP) is 3.27. The molecular formula is C17H18N2O. The molecule has 0 aliphatic rings. The molecular weight excluding hydrogens is 248 g/mol. The van der Waals surface area contributed by atoms with Crippen molar-refractivity contribution >= 4 is 11.9 Å². The van der Waals surface area contributed by atoms with Crippen molar-refractivity contribution in [1.82, 2.24) is 0 Å². The van der Waals surface area contributed by atoms with Gasteiger partial charge in [0.15, 0.2) is 0 Å². The number of hydrogen-bond donors (Lipinski definition) is 1. The molecule has 2 rings (SSSR count). The minimum absolute atomic E-state index is 0.511. The van der Waals surface area contributed by atoms with Crippen LogP contribution in [0.25, 0.3) is 6.08 Å². The molecule has 2 aromatic carbocycles. The zero-order valence-corrected chi connectivity index (χ0v) is 11.5. The smallest absolute Gasteiger partial charge is 0.119 e. The van der Waals surface area contributed by atoms with Crippen LogP contribution in [0.4, 0.5) is 0 Å². The molecule has 20 heavy (non-hydrogen) atoms. The fourth-order valence-corrected chi connectivity index (χ4v) is 1.75. The maximum atomic E-state index is 5.87. The summed E-state index contributed by atoms with van der Waals surface area (Å²) in [5.74, 6) is 1.34. The molecule has 0 radical (unpaired) electrons. The number of nitrogens with two attached hydrogens (primary N) is 1. The lowest BCUT2D eigenvalue weighted by molar-refractivity contribution is 0.414. The molecule has 0 heterocycles. The van der Waals surface area contributed by atoms with E-state index in [9.17, 15) is 0 Å². The molecule has 0 saturated heterocycles. The molecule has 3 nitrogen and oxygen atoms in total. The summed E-state index contributed by atoms with van der Waals surface area (Å²) in [5, 5.41) is 0. The molecule has 102 valence electrons. The molecule has 0 saturated carbocycles. The molecule has 0 spiro atoms. The minimum atomic E-state index is 0.511. The van der Waals surface area contributed by atoms with Crippen LogP contribution in [0.3, 0.4) is 0 Å². The van der Waals surface area contributed by atoms with Crippen LogP contribution >= 0.6 is 0 Å². The van der Waals surface area contributed by atoms with Crippen molar-refractivity contribution in [3.63, 3.8) is 0 Å². The highest BCUT2D eigenvalue weighted by Crippen LogP contribution is 2.13. The van der Waals surface area contributed by atoms with E-state index in [0.29, 0.717) is 12.4 Å². The van der Waals surface area contributed by atoms with Gasteiger partial charge in [-0.05, 0) is 29.3 Å². The van der Waals surface area contributed by atoms with Gasteiger partial charge in [-0.1, -0.05) is 48.5 Å². The molecule has 0 aliphatic heterocycles. The van der Waals surface area contributed by atoms with Gasteiger partial charge in [0.25, 0.3) is 0 Å². The van der Waals surface area contributed by atoms with Gasteiger partial charge >= 0.3 is 0 Å². The molecule has 0 atom stereocenters. The van der Waals surface area contributed by atoms with Gasteiger partial charge in [0.05, 0.1) is 13.7 Å². The third kappa shape index (κ3) is 4.28. The highest BCUT2D eigenvalue weighted by Gasteiger charge is 1.93. The number of amidine groups is 1. The van der Waals surface area contributed by atoms with Crippen molar-refractivity contribution in [2.45, 2.75) is 6.54 Å². The normalized spacial score (nSPS) is 11.8. The summed E-state index contributed by atoms with van der Waals surface area (Å²) in [6, 6.07) is 17.8. The first-order chi connectivity index (χ1) is 9.78. The van der Waals surface area contributed by atoms with E-state index in [0.717, 1.165) is 16.9 Å². The Bertz CT molecular complexity index is 603. The van der Waals surface area contributed by atoms with Gasteiger partial charge in [0.2, 0.25) is 0 Å². The number of ether oxygens (including phenoxy) is 1. The summed E-state index contributed by atoms with van der Waals surface area (Å²) in [5.41, 5.74) is 8.05. The van der Waals surface area contributed by atoms with E-state index in [2.05, 4.69) is 4.99 Å². The van der Waals surface area contributed by atoms with Gasteiger partial charge in [0, 0.05) is 0 Å². The summed E-state index contributed by atoms with van der Waals surface area (Å²) < 4.78 is 5.17. The third-order valence-corrected chi connectivity index (χ3v) is 2.83.